The number of hydrogen-bond donors (Lipinski definition) is 0. The van der Waals surface area contributed by atoms with Crippen molar-refractivity contribution in [2.75, 3.05) is 6.61 Å². The number of rotatable bonds is 4. The molecule has 17 heavy (non-hydrogen) atoms. The summed E-state index contributed by atoms with van der Waals surface area (Å²) < 4.78 is 18.1. The molecule has 3 nitrogen and oxygen atoms in total. The first-order valence-electron chi connectivity index (χ1n) is 5.08. The van der Waals surface area contributed by atoms with Gasteiger partial charge in [-0.05, 0) is 47.0 Å². The van der Waals surface area contributed by atoms with E-state index in [0.717, 1.165) is 0 Å². The van der Waals surface area contributed by atoms with E-state index in [0.29, 0.717) is 10.0 Å². The minimum absolute atomic E-state index is 0.216. The number of carbonyl (C=O) groups is 1. The Balaban J connectivity index is 2.78. The predicted octanol–water partition coefficient (Wildman–Crippen LogP) is 2.83. The lowest BCUT2D eigenvalue weighted by atomic mass is 10.0. The zero-order valence-corrected chi connectivity index (χ0v) is 10.8. The molecule has 0 saturated heterocycles. The first kappa shape index (κ1) is 13.7. The summed E-state index contributed by atoms with van der Waals surface area (Å²) in [5, 5.41) is 8.87. The topological polar surface area (TPSA) is 50.1 Å². The summed E-state index contributed by atoms with van der Waals surface area (Å²) >= 11 is 3.05. The summed E-state index contributed by atoms with van der Waals surface area (Å²) in [6.45, 7) is 1.92. The second-order valence-electron chi connectivity index (χ2n) is 3.39. The van der Waals surface area contributed by atoms with Crippen LogP contribution in [0.2, 0.25) is 0 Å². The molecular weight excluding hydrogens is 289 g/mol. The van der Waals surface area contributed by atoms with Gasteiger partial charge in [-0.15, -0.1) is 0 Å². The third-order valence-corrected chi connectivity index (χ3v) is 2.76. The zero-order chi connectivity index (χ0) is 12.8. The molecule has 0 radical (unpaired) electrons. The van der Waals surface area contributed by atoms with Gasteiger partial charge >= 0.3 is 5.97 Å². The third kappa shape index (κ3) is 3.82. The predicted molar refractivity (Wildman–Crippen MR) is 63.5 cm³/mol. The SMILES string of the molecule is CCOC(=O)C(C#N)Cc1ccc(F)c(Br)c1. The zero-order valence-electron chi connectivity index (χ0n) is 9.24. The first-order chi connectivity index (χ1) is 8.08. The monoisotopic (exact) mass is 299 g/mol. The van der Waals surface area contributed by atoms with Crippen LogP contribution in [-0.2, 0) is 16.0 Å². The molecule has 0 aliphatic carbocycles. The van der Waals surface area contributed by atoms with Gasteiger partial charge in [0.25, 0.3) is 0 Å². The van der Waals surface area contributed by atoms with Gasteiger partial charge in [-0.1, -0.05) is 6.07 Å². The molecule has 0 N–H and O–H groups in total. The normalized spacial score (nSPS) is 11.6. The minimum atomic E-state index is -0.854. The fourth-order valence-corrected chi connectivity index (χ4v) is 1.75. The van der Waals surface area contributed by atoms with E-state index in [-0.39, 0.29) is 18.8 Å². The lowest BCUT2D eigenvalue weighted by Gasteiger charge is -2.08. The van der Waals surface area contributed by atoms with Crippen molar-refractivity contribution in [1.82, 2.24) is 0 Å². The summed E-state index contributed by atoms with van der Waals surface area (Å²) in [6, 6.07) is 6.28. The van der Waals surface area contributed by atoms with Crippen molar-refractivity contribution in [1.29, 1.82) is 5.26 Å². The van der Waals surface area contributed by atoms with E-state index < -0.39 is 11.9 Å². The van der Waals surface area contributed by atoms with Crippen molar-refractivity contribution < 1.29 is 13.9 Å². The summed E-state index contributed by atoms with van der Waals surface area (Å²) in [7, 11) is 0. The van der Waals surface area contributed by atoms with Gasteiger partial charge in [0.05, 0.1) is 17.1 Å². The van der Waals surface area contributed by atoms with Crippen LogP contribution >= 0.6 is 15.9 Å². The van der Waals surface area contributed by atoms with Gasteiger partial charge < -0.3 is 4.74 Å². The molecule has 0 spiro atoms. The molecule has 5 heteroatoms. The average Bonchev–Trinajstić information content (AvgIpc) is 2.30. The molecule has 0 saturated carbocycles. The number of nitriles is 1. The van der Waals surface area contributed by atoms with E-state index in [2.05, 4.69) is 15.9 Å². The van der Waals surface area contributed by atoms with Crippen LogP contribution in [0.15, 0.2) is 22.7 Å². The van der Waals surface area contributed by atoms with Gasteiger partial charge in [0.1, 0.15) is 11.7 Å². The van der Waals surface area contributed by atoms with E-state index in [1.165, 1.54) is 6.07 Å². The highest BCUT2D eigenvalue weighted by molar-refractivity contribution is 9.10. The third-order valence-electron chi connectivity index (χ3n) is 2.15. The van der Waals surface area contributed by atoms with E-state index in [9.17, 15) is 9.18 Å². The number of ether oxygens (including phenoxy) is 1. The van der Waals surface area contributed by atoms with Gasteiger partial charge in [-0.3, -0.25) is 4.79 Å². The van der Waals surface area contributed by atoms with Gasteiger partial charge in [-0.2, -0.15) is 5.26 Å². The molecule has 0 aliphatic rings. The molecule has 0 aromatic heterocycles. The van der Waals surface area contributed by atoms with Crippen LogP contribution in [0.3, 0.4) is 0 Å². The molecule has 0 aliphatic heterocycles. The van der Waals surface area contributed by atoms with E-state index in [4.69, 9.17) is 10.00 Å². The summed E-state index contributed by atoms with van der Waals surface area (Å²) in [5.41, 5.74) is 0.706. The van der Waals surface area contributed by atoms with Gasteiger partial charge in [-0.25, -0.2) is 4.39 Å². The highest BCUT2D eigenvalue weighted by atomic mass is 79.9. The standard InChI is InChI=1S/C12H11BrFNO2/c1-2-17-12(16)9(7-15)5-8-3-4-11(14)10(13)6-8/h3-4,6,9H,2,5H2,1H3. The van der Waals surface area contributed by atoms with Crippen LogP contribution in [0.25, 0.3) is 0 Å². The van der Waals surface area contributed by atoms with Gasteiger partial charge in [0.15, 0.2) is 0 Å². The van der Waals surface area contributed by atoms with E-state index >= 15 is 0 Å². The fourth-order valence-electron chi connectivity index (χ4n) is 1.33. The Morgan fingerprint density at radius 1 is 1.65 bits per heavy atom. The quantitative estimate of drug-likeness (QED) is 0.803. The highest BCUT2D eigenvalue weighted by Crippen LogP contribution is 2.19. The summed E-state index contributed by atoms with van der Waals surface area (Å²) in [5.74, 6) is -1.78. The number of benzene rings is 1. The number of esters is 1. The number of halogens is 2. The van der Waals surface area contributed by atoms with Crippen LogP contribution < -0.4 is 0 Å². The number of nitrogens with zero attached hydrogens (tertiary/aromatic N) is 1. The molecule has 90 valence electrons. The Hall–Kier alpha value is -1.41. The molecule has 0 fully saturated rings. The Bertz CT molecular complexity index is 456. The summed E-state index contributed by atoms with van der Waals surface area (Å²) in [6.07, 6.45) is 0.216. The largest absolute Gasteiger partial charge is 0.465 e. The minimum Gasteiger partial charge on any atom is -0.465 e. The van der Waals surface area contributed by atoms with Crippen molar-refractivity contribution in [3.63, 3.8) is 0 Å². The molecule has 1 atom stereocenters. The van der Waals surface area contributed by atoms with Crippen molar-refractivity contribution in [2.24, 2.45) is 5.92 Å². The van der Waals surface area contributed by atoms with Gasteiger partial charge in [0.2, 0.25) is 0 Å². The highest BCUT2D eigenvalue weighted by Gasteiger charge is 2.19. The van der Waals surface area contributed by atoms with Crippen molar-refractivity contribution in [3.8, 4) is 6.07 Å². The van der Waals surface area contributed by atoms with E-state index in [1.54, 1.807) is 19.1 Å². The number of carbonyl (C=O) groups excluding carboxylic acids is 1. The lowest BCUT2D eigenvalue weighted by molar-refractivity contribution is -0.145. The Kier molecular flexibility index (Phi) is 5.11. The second kappa shape index (κ2) is 6.36. The second-order valence-corrected chi connectivity index (χ2v) is 4.24. The Morgan fingerprint density at radius 2 is 2.35 bits per heavy atom. The maximum Gasteiger partial charge on any atom is 0.323 e. The fraction of sp³-hybridized carbons (Fsp3) is 0.333. The molecule has 1 aromatic carbocycles. The molecule has 1 rings (SSSR count). The Morgan fingerprint density at radius 3 is 2.88 bits per heavy atom. The van der Waals surface area contributed by atoms with E-state index in [1.807, 2.05) is 6.07 Å². The molecular formula is C12H11BrFNO2. The molecule has 1 unspecified atom stereocenters. The van der Waals surface area contributed by atoms with Crippen LogP contribution in [0.1, 0.15) is 12.5 Å². The van der Waals surface area contributed by atoms with Crippen LogP contribution in [0.5, 0.6) is 0 Å². The Labute approximate surface area is 107 Å². The van der Waals surface area contributed by atoms with Crippen LogP contribution in [0.4, 0.5) is 4.39 Å². The molecule has 0 heterocycles. The number of hydrogen-bond acceptors (Lipinski definition) is 3. The van der Waals surface area contributed by atoms with Crippen molar-refractivity contribution in [2.45, 2.75) is 13.3 Å². The maximum absolute atomic E-state index is 13.0. The van der Waals surface area contributed by atoms with Gasteiger partial charge in [0, 0.05) is 0 Å². The molecule has 0 bridgehead atoms. The first-order valence-corrected chi connectivity index (χ1v) is 5.88. The van der Waals surface area contributed by atoms with Crippen molar-refractivity contribution in [3.05, 3.63) is 34.1 Å². The maximum atomic E-state index is 13.0. The van der Waals surface area contributed by atoms with Crippen LogP contribution in [0, 0.1) is 23.1 Å². The molecule has 0 amide bonds. The smallest absolute Gasteiger partial charge is 0.323 e. The summed E-state index contributed by atoms with van der Waals surface area (Å²) in [4.78, 5) is 11.4. The lowest BCUT2D eigenvalue weighted by Crippen LogP contribution is -2.18. The van der Waals surface area contributed by atoms with Crippen molar-refractivity contribution >= 4 is 21.9 Å². The van der Waals surface area contributed by atoms with Crippen LogP contribution in [-0.4, -0.2) is 12.6 Å². The average molecular weight is 300 g/mol. The molecule has 1 aromatic rings.